The molecule has 0 aromatic heterocycles. The summed E-state index contributed by atoms with van der Waals surface area (Å²) in [5.41, 5.74) is 7.60. The summed E-state index contributed by atoms with van der Waals surface area (Å²) in [6.07, 6.45) is 4.05. The quantitative estimate of drug-likeness (QED) is 0.573. The maximum atomic E-state index is 5.59. The Bertz CT molecular complexity index is 277. The highest BCUT2D eigenvalue weighted by molar-refractivity contribution is 5.39. The molecule has 14 heavy (non-hydrogen) atoms. The topological polar surface area (TPSA) is 35.2 Å². The highest BCUT2D eigenvalue weighted by Crippen LogP contribution is 2.32. The average molecular weight is 191 g/mol. The Morgan fingerprint density at radius 2 is 1.93 bits per heavy atom. The van der Waals surface area contributed by atoms with Crippen molar-refractivity contribution in [1.82, 2.24) is 0 Å². The minimum atomic E-state index is 0.715. The van der Waals surface area contributed by atoms with E-state index in [1.165, 1.54) is 24.8 Å². The van der Waals surface area contributed by atoms with Gasteiger partial charge in [0.25, 0.3) is 0 Å². The van der Waals surface area contributed by atoms with Gasteiger partial charge in [-0.1, -0.05) is 25.0 Å². The molecule has 0 aliphatic heterocycles. The normalized spacial score (nSPS) is 15.7. The van der Waals surface area contributed by atoms with Crippen LogP contribution in [0.1, 0.15) is 24.8 Å². The maximum absolute atomic E-state index is 5.59. The molecular weight excluding hydrogens is 174 g/mol. The zero-order valence-electron chi connectivity index (χ0n) is 8.41. The number of hydrogen-bond donors (Lipinski definition) is 1. The molecule has 2 heteroatoms. The van der Waals surface area contributed by atoms with Crippen LogP contribution in [-0.4, -0.2) is 6.61 Å². The second-order valence-electron chi connectivity index (χ2n) is 4.03. The van der Waals surface area contributed by atoms with E-state index in [9.17, 15) is 0 Å². The highest BCUT2D eigenvalue weighted by atomic mass is 16.5. The van der Waals surface area contributed by atoms with Crippen molar-refractivity contribution in [3.8, 4) is 0 Å². The third-order valence-corrected chi connectivity index (χ3v) is 2.62. The predicted octanol–water partition coefficient (Wildman–Crippen LogP) is 2.59. The molecule has 0 amide bonds. The summed E-state index contributed by atoms with van der Waals surface area (Å²) < 4.78 is 5.57. The van der Waals surface area contributed by atoms with Gasteiger partial charge in [-0.3, -0.25) is 0 Å². The van der Waals surface area contributed by atoms with Gasteiger partial charge in [0.05, 0.1) is 6.61 Å². The molecule has 1 aromatic carbocycles. The van der Waals surface area contributed by atoms with Gasteiger partial charge < -0.3 is 10.5 Å². The summed E-state index contributed by atoms with van der Waals surface area (Å²) >= 11 is 0. The Balaban J connectivity index is 1.66. The van der Waals surface area contributed by atoms with Crippen LogP contribution in [0.4, 0.5) is 5.69 Å². The van der Waals surface area contributed by atoms with E-state index in [-0.39, 0.29) is 0 Å². The maximum Gasteiger partial charge on any atom is 0.0716 e. The smallest absolute Gasteiger partial charge is 0.0716 e. The van der Waals surface area contributed by atoms with Crippen LogP contribution in [0.2, 0.25) is 0 Å². The van der Waals surface area contributed by atoms with Crippen molar-refractivity contribution in [2.45, 2.75) is 25.9 Å². The van der Waals surface area contributed by atoms with E-state index in [4.69, 9.17) is 10.5 Å². The average Bonchev–Trinajstić information content (AvgIpc) is 2.99. The molecule has 0 heterocycles. The fraction of sp³-hybridized carbons (Fsp3) is 0.500. The van der Waals surface area contributed by atoms with Gasteiger partial charge in [0, 0.05) is 12.3 Å². The Labute approximate surface area is 85.1 Å². The van der Waals surface area contributed by atoms with Crippen molar-refractivity contribution in [2.75, 3.05) is 12.3 Å². The molecule has 0 spiro atoms. The van der Waals surface area contributed by atoms with Gasteiger partial charge in [-0.15, -0.1) is 0 Å². The summed E-state index contributed by atoms with van der Waals surface area (Å²) in [5, 5.41) is 0. The second kappa shape index (κ2) is 4.47. The third kappa shape index (κ3) is 3.04. The fourth-order valence-electron chi connectivity index (χ4n) is 1.46. The van der Waals surface area contributed by atoms with E-state index in [1.54, 1.807) is 0 Å². The van der Waals surface area contributed by atoms with E-state index < -0.39 is 0 Å². The number of benzene rings is 1. The Morgan fingerprint density at radius 3 is 2.57 bits per heavy atom. The molecule has 76 valence electrons. The zero-order chi connectivity index (χ0) is 9.80. The molecule has 1 aliphatic carbocycles. The second-order valence-corrected chi connectivity index (χ2v) is 4.03. The lowest BCUT2D eigenvalue weighted by Gasteiger charge is -2.03. The van der Waals surface area contributed by atoms with Gasteiger partial charge in [0.2, 0.25) is 0 Å². The predicted molar refractivity (Wildman–Crippen MR) is 57.9 cm³/mol. The molecule has 0 radical (unpaired) electrons. The molecule has 1 aliphatic rings. The van der Waals surface area contributed by atoms with Gasteiger partial charge in [-0.2, -0.15) is 0 Å². The molecule has 0 saturated heterocycles. The highest BCUT2D eigenvalue weighted by Gasteiger charge is 2.20. The molecule has 2 rings (SSSR count). The van der Waals surface area contributed by atoms with Crippen LogP contribution >= 0.6 is 0 Å². The van der Waals surface area contributed by atoms with E-state index >= 15 is 0 Å². The van der Waals surface area contributed by atoms with Crippen LogP contribution in [0.15, 0.2) is 24.3 Å². The molecule has 2 N–H and O–H groups in total. The molecule has 0 unspecified atom stereocenters. The van der Waals surface area contributed by atoms with Crippen LogP contribution in [0.3, 0.4) is 0 Å². The summed E-state index contributed by atoms with van der Waals surface area (Å²) in [6.45, 7) is 1.61. The van der Waals surface area contributed by atoms with Crippen LogP contribution in [0.5, 0.6) is 0 Å². The van der Waals surface area contributed by atoms with E-state index in [1.807, 2.05) is 24.3 Å². The van der Waals surface area contributed by atoms with Crippen molar-refractivity contribution in [1.29, 1.82) is 0 Å². The minimum Gasteiger partial charge on any atom is -0.399 e. The standard InChI is InChI=1S/C12H17NO/c13-12-5-3-11(4-6-12)9-14-8-7-10-1-2-10/h3-6,10H,1-2,7-9,13H2. The largest absolute Gasteiger partial charge is 0.399 e. The molecule has 1 aromatic rings. The van der Waals surface area contributed by atoms with Gasteiger partial charge >= 0.3 is 0 Å². The Morgan fingerprint density at radius 1 is 1.21 bits per heavy atom. The number of ether oxygens (including phenoxy) is 1. The van der Waals surface area contributed by atoms with E-state index in [0.717, 1.165) is 18.2 Å². The first-order valence-electron chi connectivity index (χ1n) is 5.27. The molecule has 2 nitrogen and oxygen atoms in total. The van der Waals surface area contributed by atoms with Crippen LogP contribution in [0, 0.1) is 5.92 Å². The number of nitrogens with two attached hydrogens (primary N) is 1. The van der Waals surface area contributed by atoms with E-state index in [0.29, 0.717) is 6.61 Å². The number of rotatable bonds is 5. The monoisotopic (exact) mass is 191 g/mol. The first kappa shape index (κ1) is 9.53. The first-order chi connectivity index (χ1) is 6.84. The van der Waals surface area contributed by atoms with Gasteiger partial charge in [0.1, 0.15) is 0 Å². The van der Waals surface area contributed by atoms with Crippen molar-refractivity contribution < 1.29 is 4.74 Å². The van der Waals surface area contributed by atoms with E-state index in [2.05, 4.69) is 0 Å². The molecule has 1 saturated carbocycles. The van der Waals surface area contributed by atoms with Crippen molar-refractivity contribution in [3.05, 3.63) is 29.8 Å². The lowest BCUT2D eigenvalue weighted by molar-refractivity contribution is 0.115. The number of anilines is 1. The van der Waals surface area contributed by atoms with Crippen molar-refractivity contribution in [2.24, 2.45) is 5.92 Å². The summed E-state index contributed by atoms with van der Waals surface area (Å²) in [5.74, 6) is 0.960. The third-order valence-electron chi connectivity index (χ3n) is 2.62. The van der Waals surface area contributed by atoms with Crippen LogP contribution in [0.25, 0.3) is 0 Å². The number of nitrogen functional groups attached to an aromatic ring is 1. The lowest BCUT2D eigenvalue weighted by Crippen LogP contribution is -1.96. The lowest BCUT2D eigenvalue weighted by atomic mass is 10.2. The minimum absolute atomic E-state index is 0.715. The van der Waals surface area contributed by atoms with Gasteiger partial charge in [-0.05, 0) is 30.0 Å². The summed E-state index contributed by atoms with van der Waals surface area (Å²) in [6, 6.07) is 7.87. The Kier molecular flexibility index (Phi) is 3.04. The number of hydrogen-bond acceptors (Lipinski definition) is 2. The summed E-state index contributed by atoms with van der Waals surface area (Å²) in [4.78, 5) is 0. The van der Waals surface area contributed by atoms with Crippen molar-refractivity contribution >= 4 is 5.69 Å². The first-order valence-corrected chi connectivity index (χ1v) is 5.27. The SMILES string of the molecule is Nc1ccc(COCCC2CC2)cc1. The molecule has 0 atom stereocenters. The Hall–Kier alpha value is -1.02. The van der Waals surface area contributed by atoms with Crippen LogP contribution in [-0.2, 0) is 11.3 Å². The molecule has 1 fully saturated rings. The molecular formula is C12H17NO. The van der Waals surface area contributed by atoms with Gasteiger partial charge in [0.15, 0.2) is 0 Å². The van der Waals surface area contributed by atoms with Gasteiger partial charge in [-0.25, -0.2) is 0 Å². The van der Waals surface area contributed by atoms with Crippen molar-refractivity contribution in [3.63, 3.8) is 0 Å². The fourth-order valence-corrected chi connectivity index (χ4v) is 1.46. The molecule has 0 bridgehead atoms. The van der Waals surface area contributed by atoms with Crippen LogP contribution < -0.4 is 5.73 Å². The zero-order valence-corrected chi connectivity index (χ0v) is 8.41. The summed E-state index contributed by atoms with van der Waals surface area (Å²) in [7, 11) is 0.